The minimum atomic E-state index is 0.515. The second kappa shape index (κ2) is 5.01. The quantitative estimate of drug-likeness (QED) is 0.687. The highest BCUT2D eigenvalue weighted by molar-refractivity contribution is 6.31. The van der Waals surface area contributed by atoms with E-state index in [4.69, 9.17) is 16.3 Å². The van der Waals surface area contributed by atoms with Gasteiger partial charge in [0, 0.05) is 5.02 Å². The zero-order chi connectivity index (χ0) is 13.2. The summed E-state index contributed by atoms with van der Waals surface area (Å²) >= 11 is 6.02. The Morgan fingerprint density at radius 2 is 2.26 bits per heavy atom. The van der Waals surface area contributed by atoms with Gasteiger partial charge in [-0.2, -0.15) is 0 Å². The molecule has 0 radical (unpaired) electrons. The van der Waals surface area contributed by atoms with Crippen molar-refractivity contribution in [2.24, 2.45) is 0 Å². The third kappa shape index (κ3) is 2.21. The minimum absolute atomic E-state index is 0.515. The lowest BCUT2D eigenvalue weighted by atomic mass is 10.3. The van der Waals surface area contributed by atoms with Gasteiger partial charge in [0.2, 0.25) is 5.65 Å². The monoisotopic (exact) mass is 276 g/mol. The van der Waals surface area contributed by atoms with Crippen LogP contribution in [0.3, 0.4) is 0 Å². The average Bonchev–Trinajstić information content (AvgIpc) is 2.89. The molecule has 2 heterocycles. The minimum Gasteiger partial charge on any atom is -0.475 e. The summed E-state index contributed by atoms with van der Waals surface area (Å²) in [4.78, 5) is 4.48. The summed E-state index contributed by atoms with van der Waals surface area (Å²) in [6.07, 6.45) is 3.70. The van der Waals surface area contributed by atoms with E-state index in [-0.39, 0.29) is 0 Å². The normalized spacial score (nSPS) is 11.3. The average molecular weight is 277 g/mol. The molecule has 0 atom stereocenters. The van der Waals surface area contributed by atoms with Crippen LogP contribution < -0.4 is 4.74 Å². The van der Waals surface area contributed by atoms with E-state index < -0.39 is 0 Å². The number of ether oxygens (including phenoxy) is 1. The van der Waals surface area contributed by atoms with E-state index in [9.17, 15) is 0 Å². The molecule has 1 aromatic carbocycles. The van der Waals surface area contributed by atoms with Crippen molar-refractivity contribution in [2.75, 3.05) is 6.61 Å². The van der Waals surface area contributed by atoms with Crippen molar-refractivity contribution in [2.45, 2.75) is 19.8 Å². The summed E-state index contributed by atoms with van der Waals surface area (Å²) in [5.41, 5.74) is 2.30. The summed E-state index contributed by atoms with van der Waals surface area (Å²) in [5, 5.41) is 8.64. The van der Waals surface area contributed by atoms with E-state index in [0.717, 1.165) is 23.9 Å². The second-order valence-corrected chi connectivity index (χ2v) is 4.71. The second-order valence-electron chi connectivity index (χ2n) is 4.28. The maximum atomic E-state index is 6.02. The van der Waals surface area contributed by atoms with Crippen molar-refractivity contribution < 1.29 is 4.74 Å². The molecule has 2 aromatic heterocycles. The Balaban J connectivity index is 2.15. The van der Waals surface area contributed by atoms with Gasteiger partial charge in [0.05, 0.1) is 17.6 Å². The van der Waals surface area contributed by atoms with Gasteiger partial charge in [0.15, 0.2) is 0 Å². The Labute approximate surface area is 115 Å². The van der Waals surface area contributed by atoms with Crippen LogP contribution in [0.1, 0.15) is 19.8 Å². The smallest absolute Gasteiger partial charge is 0.260 e. The van der Waals surface area contributed by atoms with E-state index in [1.165, 1.54) is 0 Å². The van der Waals surface area contributed by atoms with Crippen LogP contribution in [0.15, 0.2) is 24.5 Å². The largest absolute Gasteiger partial charge is 0.475 e. The molecule has 0 spiro atoms. The molecule has 0 aliphatic heterocycles. The third-order valence-corrected chi connectivity index (χ3v) is 3.13. The maximum Gasteiger partial charge on any atom is 0.260 e. The molecule has 3 aromatic rings. The first-order valence-corrected chi connectivity index (χ1v) is 6.59. The van der Waals surface area contributed by atoms with Crippen molar-refractivity contribution in [3.05, 3.63) is 29.5 Å². The van der Waals surface area contributed by atoms with Gasteiger partial charge in [0.1, 0.15) is 6.33 Å². The Hall–Kier alpha value is -1.88. The Morgan fingerprint density at radius 1 is 1.37 bits per heavy atom. The lowest BCUT2D eigenvalue weighted by molar-refractivity contribution is 0.301. The van der Waals surface area contributed by atoms with E-state index in [0.29, 0.717) is 23.2 Å². The summed E-state index contributed by atoms with van der Waals surface area (Å²) in [5.74, 6) is 0.515. The van der Waals surface area contributed by atoms with Crippen LogP contribution in [0.5, 0.6) is 5.88 Å². The van der Waals surface area contributed by atoms with E-state index in [1.807, 2.05) is 22.6 Å². The van der Waals surface area contributed by atoms with Crippen LogP contribution in [0.25, 0.3) is 16.7 Å². The number of halogens is 1. The molecule has 5 nitrogen and oxygen atoms in total. The zero-order valence-electron chi connectivity index (χ0n) is 10.5. The standard InChI is InChI=1S/C13H13ClN4O/c1-2-3-6-19-13-12-17-15-8-18(12)11-7-9(14)4-5-10(11)16-13/h4-5,7-8H,2-3,6H2,1H3. The SMILES string of the molecule is CCCCOc1nc2ccc(Cl)cc2n2cnnc12. The molecule has 0 N–H and O–H groups in total. The summed E-state index contributed by atoms with van der Waals surface area (Å²) < 4.78 is 7.53. The number of hydrogen-bond donors (Lipinski definition) is 0. The molecule has 6 heteroatoms. The van der Waals surface area contributed by atoms with Gasteiger partial charge in [0.25, 0.3) is 5.88 Å². The van der Waals surface area contributed by atoms with Crippen molar-refractivity contribution in [3.63, 3.8) is 0 Å². The molecule has 98 valence electrons. The molecule has 0 aliphatic carbocycles. The van der Waals surface area contributed by atoms with Crippen LogP contribution in [0.4, 0.5) is 0 Å². The predicted octanol–water partition coefficient (Wildman–Crippen LogP) is 3.11. The van der Waals surface area contributed by atoms with E-state index in [2.05, 4.69) is 22.1 Å². The van der Waals surface area contributed by atoms with Gasteiger partial charge in [-0.05, 0) is 24.6 Å². The van der Waals surface area contributed by atoms with Gasteiger partial charge in [-0.1, -0.05) is 24.9 Å². The number of rotatable bonds is 4. The van der Waals surface area contributed by atoms with Crippen molar-refractivity contribution >= 4 is 28.3 Å². The van der Waals surface area contributed by atoms with E-state index >= 15 is 0 Å². The predicted molar refractivity (Wildman–Crippen MR) is 73.7 cm³/mol. The van der Waals surface area contributed by atoms with Crippen LogP contribution >= 0.6 is 11.6 Å². The summed E-state index contributed by atoms with van der Waals surface area (Å²) in [7, 11) is 0. The van der Waals surface area contributed by atoms with Gasteiger partial charge >= 0.3 is 0 Å². The van der Waals surface area contributed by atoms with Crippen molar-refractivity contribution in [1.82, 2.24) is 19.6 Å². The van der Waals surface area contributed by atoms with Crippen LogP contribution in [-0.2, 0) is 0 Å². The third-order valence-electron chi connectivity index (χ3n) is 2.89. The molecule has 0 amide bonds. The molecule has 0 saturated carbocycles. The Kier molecular flexibility index (Phi) is 3.21. The van der Waals surface area contributed by atoms with Crippen molar-refractivity contribution in [3.8, 4) is 5.88 Å². The highest BCUT2D eigenvalue weighted by atomic mass is 35.5. The fourth-order valence-electron chi connectivity index (χ4n) is 1.91. The Bertz CT molecular complexity index is 725. The number of hydrogen-bond acceptors (Lipinski definition) is 4. The van der Waals surface area contributed by atoms with Gasteiger partial charge < -0.3 is 4.74 Å². The van der Waals surface area contributed by atoms with Crippen LogP contribution in [0.2, 0.25) is 5.02 Å². The highest BCUT2D eigenvalue weighted by Gasteiger charge is 2.11. The molecule has 0 unspecified atom stereocenters. The number of benzene rings is 1. The molecule has 0 aliphatic rings. The summed E-state index contributed by atoms with van der Waals surface area (Å²) in [6.45, 7) is 2.75. The molecular weight excluding hydrogens is 264 g/mol. The molecule has 0 saturated heterocycles. The first-order chi connectivity index (χ1) is 9.29. The number of fused-ring (bicyclic) bond motifs is 3. The van der Waals surface area contributed by atoms with Crippen molar-refractivity contribution in [1.29, 1.82) is 0 Å². The Morgan fingerprint density at radius 3 is 3.11 bits per heavy atom. The fourth-order valence-corrected chi connectivity index (χ4v) is 2.08. The lowest BCUT2D eigenvalue weighted by Gasteiger charge is -2.08. The summed E-state index contributed by atoms with van der Waals surface area (Å²) in [6, 6.07) is 5.52. The number of aromatic nitrogens is 4. The van der Waals surface area contributed by atoms with E-state index in [1.54, 1.807) is 6.33 Å². The van der Waals surface area contributed by atoms with Crippen LogP contribution in [-0.4, -0.2) is 26.2 Å². The first-order valence-electron chi connectivity index (χ1n) is 6.21. The molecule has 19 heavy (non-hydrogen) atoms. The fraction of sp³-hybridized carbons (Fsp3) is 0.308. The maximum absolute atomic E-state index is 6.02. The van der Waals surface area contributed by atoms with Gasteiger partial charge in [-0.3, -0.25) is 4.40 Å². The molecule has 0 bridgehead atoms. The lowest BCUT2D eigenvalue weighted by Crippen LogP contribution is -2.02. The molecule has 0 fully saturated rings. The number of nitrogens with zero attached hydrogens (tertiary/aromatic N) is 4. The first kappa shape index (κ1) is 12.2. The van der Waals surface area contributed by atoms with Gasteiger partial charge in [-0.25, -0.2) is 4.98 Å². The zero-order valence-corrected chi connectivity index (χ0v) is 11.3. The van der Waals surface area contributed by atoms with Crippen LogP contribution in [0, 0.1) is 0 Å². The highest BCUT2D eigenvalue weighted by Crippen LogP contribution is 2.24. The number of unbranched alkanes of at least 4 members (excludes halogenated alkanes) is 1. The molecule has 3 rings (SSSR count). The van der Waals surface area contributed by atoms with Gasteiger partial charge in [-0.15, -0.1) is 10.2 Å². The topological polar surface area (TPSA) is 52.3 Å². The molecular formula is C13H13ClN4O.